The topological polar surface area (TPSA) is 89.0 Å². The second kappa shape index (κ2) is 11.3. The van der Waals surface area contributed by atoms with Gasteiger partial charge in [0.1, 0.15) is 17.0 Å². The lowest BCUT2D eigenvalue weighted by molar-refractivity contribution is -0.116. The molecule has 0 radical (unpaired) electrons. The van der Waals surface area contributed by atoms with Crippen molar-refractivity contribution in [2.24, 2.45) is 0 Å². The van der Waals surface area contributed by atoms with E-state index in [1.807, 2.05) is 25.1 Å². The summed E-state index contributed by atoms with van der Waals surface area (Å²) in [5, 5.41) is 0.484. The maximum Gasteiger partial charge on any atom is 0.244 e. The predicted molar refractivity (Wildman–Crippen MR) is 134 cm³/mol. The molecule has 8 nitrogen and oxygen atoms in total. The van der Waals surface area contributed by atoms with Crippen molar-refractivity contribution in [2.45, 2.75) is 18.2 Å². The lowest BCUT2D eigenvalue weighted by Gasteiger charge is -2.27. The van der Waals surface area contributed by atoms with E-state index in [-0.39, 0.29) is 4.90 Å². The second-order valence-corrected chi connectivity index (χ2v) is 11.0. The first kappa shape index (κ1) is 24.6. The fraction of sp³-hybridized carbons (Fsp3) is 0.417. The Kier molecular flexibility index (Phi) is 8.15. The summed E-state index contributed by atoms with van der Waals surface area (Å²) in [6.07, 6.45) is 0.700. The first-order chi connectivity index (χ1) is 16.5. The van der Waals surface area contributed by atoms with E-state index in [4.69, 9.17) is 14.5 Å². The van der Waals surface area contributed by atoms with Gasteiger partial charge >= 0.3 is 0 Å². The van der Waals surface area contributed by atoms with Crippen LogP contribution in [-0.2, 0) is 19.4 Å². The van der Waals surface area contributed by atoms with Crippen LogP contribution in [0.2, 0.25) is 0 Å². The molecule has 0 atom stereocenters. The number of morpholine rings is 1. The molecule has 2 aromatic carbocycles. The van der Waals surface area contributed by atoms with Crippen molar-refractivity contribution in [2.75, 3.05) is 56.7 Å². The molecule has 0 saturated carbocycles. The van der Waals surface area contributed by atoms with Gasteiger partial charge in [-0.3, -0.25) is 14.6 Å². The number of hydrogen-bond donors (Lipinski definition) is 0. The fourth-order valence-electron chi connectivity index (χ4n) is 3.85. The van der Waals surface area contributed by atoms with Crippen molar-refractivity contribution in [3.05, 3.63) is 48.5 Å². The molecule has 0 aliphatic carbocycles. The highest BCUT2D eigenvalue weighted by atomic mass is 32.2. The fourth-order valence-corrected chi connectivity index (χ4v) is 6.10. The summed E-state index contributed by atoms with van der Waals surface area (Å²) in [5.74, 6) is -0.439. The van der Waals surface area contributed by atoms with Crippen LogP contribution in [0.3, 0.4) is 0 Å². The lowest BCUT2D eigenvalue weighted by atomic mass is 10.3. The third-order valence-corrected chi connectivity index (χ3v) is 8.24. The maximum absolute atomic E-state index is 13.4. The van der Waals surface area contributed by atoms with Crippen LogP contribution in [-0.4, -0.2) is 76.0 Å². The van der Waals surface area contributed by atoms with E-state index < -0.39 is 21.5 Å². The van der Waals surface area contributed by atoms with E-state index in [1.165, 1.54) is 28.4 Å². The third kappa shape index (κ3) is 5.93. The van der Waals surface area contributed by atoms with E-state index in [9.17, 15) is 13.2 Å². The number of sulfone groups is 1. The van der Waals surface area contributed by atoms with Crippen LogP contribution in [0.1, 0.15) is 13.3 Å². The summed E-state index contributed by atoms with van der Waals surface area (Å²) in [7, 11) is -3.77. The molecule has 2 heterocycles. The average molecular weight is 504 g/mol. The average Bonchev–Trinajstić information content (AvgIpc) is 3.28. The van der Waals surface area contributed by atoms with Gasteiger partial charge in [-0.1, -0.05) is 35.6 Å². The molecule has 182 valence electrons. The number of ether oxygens (including phenoxy) is 2. The molecular weight excluding hydrogens is 474 g/mol. The summed E-state index contributed by atoms with van der Waals surface area (Å²) in [5.41, 5.74) is 0.682. The molecule has 0 N–H and O–H groups in total. The van der Waals surface area contributed by atoms with Crippen LogP contribution in [0, 0.1) is 0 Å². The molecule has 1 aromatic heterocycles. The van der Waals surface area contributed by atoms with Crippen molar-refractivity contribution in [1.29, 1.82) is 0 Å². The number of benzene rings is 2. The monoisotopic (exact) mass is 503 g/mol. The molecule has 1 fully saturated rings. The van der Waals surface area contributed by atoms with Crippen molar-refractivity contribution in [3.63, 3.8) is 0 Å². The maximum atomic E-state index is 13.4. The zero-order valence-corrected chi connectivity index (χ0v) is 20.8. The third-order valence-electron chi connectivity index (χ3n) is 5.58. The van der Waals surface area contributed by atoms with Crippen LogP contribution >= 0.6 is 11.3 Å². The molecule has 0 unspecified atom stereocenters. The number of amides is 1. The number of para-hydroxylation sites is 1. The first-order valence-corrected chi connectivity index (χ1v) is 13.9. The number of anilines is 1. The van der Waals surface area contributed by atoms with Gasteiger partial charge in [0.15, 0.2) is 15.0 Å². The van der Waals surface area contributed by atoms with E-state index >= 15 is 0 Å². The number of nitrogens with zero attached hydrogens (tertiary/aromatic N) is 3. The smallest absolute Gasteiger partial charge is 0.244 e. The molecular formula is C24H29N3O5S2. The van der Waals surface area contributed by atoms with Crippen molar-refractivity contribution in [1.82, 2.24) is 9.88 Å². The minimum absolute atomic E-state index is 0.138. The predicted octanol–water partition coefficient (Wildman–Crippen LogP) is 3.22. The molecule has 34 heavy (non-hydrogen) atoms. The van der Waals surface area contributed by atoms with Crippen LogP contribution in [0.5, 0.6) is 5.75 Å². The van der Waals surface area contributed by atoms with Crippen LogP contribution in [0.25, 0.3) is 10.2 Å². The molecule has 1 aliphatic heterocycles. The first-order valence-electron chi connectivity index (χ1n) is 11.4. The van der Waals surface area contributed by atoms with Gasteiger partial charge in [0.25, 0.3) is 0 Å². The van der Waals surface area contributed by atoms with Gasteiger partial charge in [-0.25, -0.2) is 13.4 Å². The Hall–Kier alpha value is -2.53. The van der Waals surface area contributed by atoms with Gasteiger partial charge < -0.3 is 9.47 Å². The van der Waals surface area contributed by atoms with E-state index in [1.54, 1.807) is 18.2 Å². The molecule has 3 aromatic rings. The molecule has 1 aliphatic rings. The Morgan fingerprint density at radius 2 is 1.91 bits per heavy atom. The highest BCUT2D eigenvalue weighted by molar-refractivity contribution is 7.92. The highest BCUT2D eigenvalue weighted by Crippen LogP contribution is 2.34. The van der Waals surface area contributed by atoms with Crippen LogP contribution in [0.15, 0.2) is 53.4 Å². The highest BCUT2D eigenvalue weighted by Gasteiger charge is 2.27. The molecule has 0 spiro atoms. The number of carbonyl (C=O) groups excluding carboxylic acids is 1. The van der Waals surface area contributed by atoms with E-state index in [0.29, 0.717) is 49.2 Å². The molecule has 10 heteroatoms. The summed E-state index contributed by atoms with van der Waals surface area (Å²) >= 11 is 1.37. The Labute approximate surface area is 204 Å². The largest absolute Gasteiger partial charge is 0.492 e. The summed E-state index contributed by atoms with van der Waals surface area (Å²) in [4.78, 5) is 22.0. The second-order valence-electron chi connectivity index (χ2n) is 7.96. The van der Waals surface area contributed by atoms with Crippen LogP contribution in [0.4, 0.5) is 5.13 Å². The zero-order chi connectivity index (χ0) is 24.0. The Morgan fingerprint density at radius 1 is 1.15 bits per heavy atom. The number of aromatic nitrogens is 1. The van der Waals surface area contributed by atoms with Gasteiger partial charge in [0.05, 0.1) is 29.4 Å². The number of hydrogen-bond acceptors (Lipinski definition) is 8. The number of thiazole rings is 1. The zero-order valence-electron chi connectivity index (χ0n) is 19.2. The van der Waals surface area contributed by atoms with Gasteiger partial charge in [0, 0.05) is 26.2 Å². The summed E-state index contributed by atoms with van der Waals surface area (Å²) < 4.78 is 37.8. The Balaban J connectivity index is 1.58. The van der Waals surface area contributed by atoms with E-state index in [0.717, 1.165) is 24.3 Å². The number of carbonyl (C=O) groups is 1. The van der Waals surface area contributed by atoms with Crippen molar-refractivity contribution >= 4 is 42.4 Å². The molecule has 4 rings (SSSR count). The van der Waals surface area contributed by atoms with Crippen molar-refractivity contribution in [3.8, 4) is 5.75 Å². The van der Waals surface area contributed by atoms with E-state index in [2.05, 4.69) is 4.90 Å². The van der Waals surface area contributed by atoms with Gasteiger partial charge in [-0.05, 0) is 37.6 Å². The lowest BCUT2D eigenvalue weighted by Crippen LogP contribution is -2.40. The molecule has 0 bridgehead atoms. The molecule has 1 saturated heterocycles. The normalized spacial score (nSPS) is 14.9. The van der Waals surface area contributed by atoms with Gasteiger partial charge in [-0.15, -0.1) is 0 Å². The molecule has 1 amide bonds. The van der Waals surface area contributed by atoms with Crippen LogP contribution < -0.4 is 9.64 Å². The number of rotatable bonds is 10. The number of fused-ring (bicyclic) bond motifs is 1. The Bertz CT molecular complexity index is 1210. The standard InChI is InChI=1S/C24H29N3O5S2/c1-2-32-20-10-6-11-21-23(20)25-24(33-21)27(13-7-12-26-14-16-31-17-15-26)22(28)18-34(29,30)19-8-4-3-5-9-19/h3-6,8-11H,2,7,12-18H2,1H3. The van der Waals surface area contributed by atoms with Gasteiger partial charge in [-0.2, -0.15) is 0 Å². The minimum atomic E-state index is -3.77. The minimum Gasteiger partial charge on any atom is -0.492 e. The summed E-state index contributed by atoms with van der Waals surface area (Å²) in [6.45, 7) is 6.71. The quantitative estimate of drug-likeness (QED) is 0.420. The van der Waals surface area contributed by atoms with Crippen molar-refractivity contribution < 1.29 is 22.7 Å². The Morgan fingerprint density at radius 3 is 2.65 bits per heavy atom. The SMILES string of the molecule is CCOc1cccc2sc(N(CCCN3CCOCC3)C(=O)CS(=O)(=O)c3ccccc3)nc12. The summed E-state index contributed by atoms with van der Waals surface area (Å²) in [6, 6.07) is 13.7. The van der Waals surface area contributed by atoms with Gasteiger partial charge in [0.2, 0.25) is 5.91 Å².